The van der Waals surface area contributed by atoms with E-state index < -0.39 is 0 Å². The molecule has 1 rings (SSSR count). The number of aryl methyl sites for hydroxylation is 1. The topological polar surface area (TPSA) is 29.9 Å². The van der Waals surface area contributed by atoms with Crippen LogP contribution in [0.2, 0.25) is 0 Å². The lowest BCUT2D eigenvalue weighted by atomic mass is 10.2. The van der Waals surface area contributed by atoms with E-state index in [0.29, 0.717) is 12.0 Å². The number of imidazole rings is 1. The van der Waals surface area contributed by atoms with E-state index in [0.717, 1.165) is 23.9 Å². The van der Waals surface area contributed by atoms with Crippen LogP contribution in [0, 0.1) is 12.8 Å². The molecule has 3 nitrogen and oxygen atoms in total. The number of anilines is 1. The second-order valence-corrected chi connectivity index (χ2v) is 6.22. The van der Waals surface area contributed by atoms with E-state index >= 15 is 0 Å². The lowest BCUT2D eigenvalue weighted by molar-refractivity contribution is 0.605. The van der Waals surface area contributed by atoms with Crippen molar-refractivity contribution in [3.05, 3.63) is 11.9 Å². The maximum absolute atomic E-state index is 4.55. The molecule has 1 unspecified atom stereocenters. The average molecular weight is 255 g/mol. The lowest BCUT2D eigenvalue weighted by Gasteiger charge is -2.17. The van der Waals surface area contributed by atoms with Gasteiger partial charge >= 0.3 is 0 Å². The van der Waals surface area contributed by atoms with E-state index in [1.165, 1.54) is 5.75 Å². The van der Waals surface area contributed by atoms with Crippen LogP contribution >= 0.6 is 11.8 Å². The Morgan fingerprint density at radius 3 is 2.71 bits per heavy atom. The zero-order valence-electron chi connectivity index (χ0n) is 11.7. The zero-order chi connectivity index (χ0) is 12.8. The van der Waals surface area contributed by atoms with Gasteiger partial charge in [-0.15, -0.1) is 0 Å². The number of hydrogen-bond donors (Lipinski definition) is 1. The third-order valence-electron chi connectivity index (χ3n) is 2.56. The number of rotatable bonds is 7. The fraction of sp³-hybridized carbons (Fsp3) is 0.769. The summed E-state index contributed by atoms with van der Waals surface area (Å²) in [5.74, 6) is 3.97. The van der Waals surface area contributed by atoms with Gasteiger partial charge in [0.25, 0.3) is 0 Å². The van der Waals surface area contributed by atoms with Crippen molar-refractivity contribution in [1.29, 1.82) is 0 Å². The van der Waals surface area contributed by atoms with Gasteiger partial charge in [-0.1, -0.05) is 20.8 Å². The monoisotopic (exact) mass is 255 g/mol. The molecule has 0 aromatic carbocycles. The molecule has 17 heavy (non-hydrogen) atoms. The van der Waals surface area contributed by atoms with Crippen LogP contribution in [0.5, 0.6) is 0 Å². The van der Waals surface area contributed by atoms with Crippen molar-refractivity contribution in [1.82, 2.24) is 9.55 Å². The molecule has 0 bridgehead atoms. The first kappa shape index (κ1) is 14.4. The predicted octanol–water partition coefficient (Wildman–Crippen LogP) is 3.57. The van der Waals surface area contributed by atoms with Crippen LogP contribution in [0.15, 0.2) is 6.20 Å². The van der Waals surface area contributed by atoms with E-state index in [4.69, 9.17) is 0 Å². The van der Waals surface area contributed by atoms with Gasteiger partial charge in [0, 0.05) is 24.5 Å². The molecule has 4 heteroatoms. The molecule has 1 N–H and O–H groups in total. The Morgan fingerprint density at radius 1 is 1.41 bits per heavy atom. The Hall–Kier alpha value is -0.640. The van der Waals surface area contributed by atoms with Gasteiger partial charge in [0.15, 0.2) is 0 Å². The number of hydrogen-bond acceptors (Lipinski definition) is 3. The van der Waals surface area contributed by atoms with Crippen LogP contribution < -0.4 is 5.32 Å². The summed E-state index contributed by atoms with van der Waals surface area (Å²) in [6.45, 7) is 11.9. The van der Waals surface area contributed by atoms with Gasteiger partial charge in [0.1, 0.15) is 0 Å². The Balaban J connectivity index is 2.69. The van der Waals surface area contributed by atoms with Crippen molar-refractivity contribution in [2.45, 2.75) is 40.7 Å². The SMILES string of the molecule is CCSCC(C)n1cc(C)nc1NCC(C)C. The van der Waals surface area contributed by atoms with Gasteiger partial charge in [-0.3, -0.25) is 0 Å². The second-order valence-electron chi connectivity index (χ2n) is 4.90. The first-order valence-corrected chi connectivity index (χ1v) is 7.57. The minimum absolute atomic E-state index is 0.496. The smallest absolute Gasteiger partial charge is 0.203 e. The van der Waals surface area contributed by atoms with Crippen LogP contribution in [0.1, 0.15) is 39.4 Å². The highest BCUT2D eigenvalue weighted by molar-refractivity contribution is 7.99. The summed E-state index contributed by atoms with van der Waals surface area (Å²) in [6.07, 6.45) is 2.14. The molecule has 0 aliphatic carbocycles. The summed E-state index contributed by atoms with van der Waals surface area (Å²) in [5, 5.41) is 3.43. The number of thioether (sulfide) groups is 1. The van der Waals surface area contributed by atoms with Crippen LogP contribution in [0.4, 0.5) is 5.95 Å². The molecule has 0 spiro atoms. The summed E-state index contributed by atoms with van der Waals surface area (Å²) < 4.78 is 2.26. The van der Waals surface area contributed by atoms with Gasteiger partial charge in [-0.2, -0.15) is 11.8 Å². The van der Waals surface area contributed by atoms with Crippen LogP contribution in [0.25, 0.3) is 0 Å². The summed E-state index contributed by atoms with van der Waals surface area (Å²) in [5.41, 5.74) is 1.09. The third kappa shape index (κ3) is 4.62. The molecule has 1 aromatic rings. The van der Waals surface area contributed by atoms with E-state index in [-0.39, 0.29) is 0 Å². The highest BCUT2D eigenvalue weighted by Gasteiger charge is 2.11. The van der Waals surface area contributed by atoms with Gasteiger partial charge in [-0.05, 0) is 25.5 Å². The van der Waals surface area contributed by atoms with Gasteiger partial charge in [-0.25, -0.2) is 4.98 Å². The van der Waals surface area contributed by atoms with Gasteiger partial charge in [0.2, 0.25) is 5.95 Å². The Labute approximate surface area is 109 Å². The molecule has 1 atom stereocenters. The fourth-order valence-electron chi connectivity index (χ4n) is 1.65. The maximum Gasteiger partial charge on any atom is 0.203 e. The van der Waals surface area contributed by atoms with E-state index in [2.05, 4.69) is 55.7 Å². The molecule has 1 heterocycles. The van der Waals surface area contributed by atoms with Crippen molar-refractivity contribution in [2.75, 3.05) is 23.4 Å². The lowest BCUT2D eigenvalue weighted by Crippen LogP contribution is -2.15. The fourth-order valence-corrected chi connectivity index (χ4v) is 2.38. The molecule has 0 saturated heterocycles. The molecule has 98 valence electrons. The second kappa shape index (κ2) is 6.94. The summed E-state index contributed by atoms with van der Waals surface area (Å²) in [4.78, 5) is 4.55. The summed E-state index contributed by atoms with van der Waals surface area (Å²) in [6, 6.07) is 0.496. The maximum atomic E-state index is 4.55. The van der Waals surface area contributed by atoms with Crippen LogP contribution in [0.3, 0.4) is 0 Å². The van der Waals surface area contributed by atoms with E-state index in [1.54, 1.807) is 0 Å². The Morgan fingerprint density at radius 2 is 2.12 bits per heavy atom. The van der Waals surface area contributed by atoms with Crippen LogP contribution in [-0.4, -0.2) is 27.6 Å². The molecule has 0 aliphatic heterocycles. The van der Waals surface area contributed by atoms with Gasteiger partial charge in [0.05, 0.1) is 5.69 Å². The van der Waals surface area contributed by atoms with Crippen LogP contribution in [-0.2, 0) is 0 Å². The van der Waals surface area contributed by atoms with E-state index in [9.17, 15) is 0 Å². The largest absolute Gasteiger partial charge is 0.355 e. The molecule has 0 saturated carbocycles. The van der Waals surface area contributed by atoms with Gasteiger partial charge < -0.3 is 9.88 Å². The first-order chi connectivity index (χ1) is 8.04. The highest BCUT2D eigenvalue weighted by Crippen LogP contribution is 2.20. The summed E-state index contributed by atoms with van der Waals surface area (Å²) >= 11 is 1.98. The quantitative estimate of drug-likeness (QED) is 0.807. The highest BCUT2D eigenvalue weighted by atomic mass is 32.2. The Kier molecular flexibility index (Phi) is 5.89. The molecule has 0 amide bonds. The molecular weight excluding hydrogens is 230 g/mol. The molecule has 1 aromatic heterocycles. The first-order valence-electron chi connectivity index (χ1n) is 6.41. The van der Waals surface area contributed by atoms with Crippen molar-refractivity contribution in [2.24, 2.45) is 5.92 Å². The number of nitrogens with zero attached hydrogens (tertiary/aromatic N) is 2. The Bertz CT molecular complexity index is 333. The normalized spacial score (nSPS) is 13.1. The number of nitrogens with one attached hydrogen (secondary N) is 1. The van der Waals surface area contributed by atoms with Crippen molar-refractivity contribution in [3.8, 4) is 0 Å². The standard InChI is InChI=1S/C13H25N3S/c1-6-17-9-12(5)16-8-11(4)15-13(16)14-7-10(2)3/h8,10,12H,6-7,9H2,1-5H3,(H,14,15). The average Bonchev–Trinajstić information content (AvgIpc) is 2.64. The molecular formula is C13H25N3S. The van der Waals surface area contributed by atoms with E-state index in [1.807, 2.05) is 11.8 Å². The molecule has 0 radical (unpaired) electrons. The van der Waals surface area contributed by atoms with Crippen molar-refractivity contribution < 1.29 is 0 Å². The third-order valence-corrected chi connectivity index (χ3v) is 3.69. The van der Waals surface area contributed by atoms with Crippen molar-refractivity contribution in [3.63, 3.8) is 0 Å². The number of aromatic nitrogens is 2. The summed E-state index contributed by atoms with van der Waals surface area (Å²) in [7, 11) is 0. The minimum Gasteiger partial charge on any atom is -0.355 e. The molecule has 0 fully saturated rings. The zero-order valence-corrected chi connectivity index (χ0v) is 12.5. The van der Waals surface area contributed by atoms with Crippen molar-refractivity contribution >= 4 is 17.7 Å². The molecule has 0 aliphatic rings. The minimum atomic E-state index is 0.496. The predicted molar refractivity (Wildman–Crippen MR) is 78.0 cm³/mol.